The molecule has 1 unspecified atom stereocenters. The van der Waals surface area contributed by atoms with E-state index in [2.05, 4.69) is 10.3 Å². The molecule has 0 amide bonds. The molecule has 1 aliphatic heterocycles. The molecule has 0 bridgehead atoms. The molecule has 1 atom stereocenters. The van der Waals surface area contributed by atoms with Crippen molar-refractivity contribution in [3.8, 4) is 0 Å². The van der Waals surface area contributed by atoms with Gasteiger partial charge in [0.1, 0.15) is 17.6 Å². The highest BCUT2D eigenvalue weighted by Crippen LogP contribution is 2.27. The van der Waals surface area contributed by atoms with Crippen LogP contribution in [-0.2, 0) is 4.74 Å². The molecule has 0 saturated carbocycles. The summed E-state index contributed by atoms with van der Waals surface area (Å²) in [6, 6.07) is 1.03. The molecule has 8 nitrogen and oxygen atoms in total. The first kappa shape index (κ1) is 15.2. The van der Waals surface area contributed by atoms with Gasteiger partial charge in [0.25, 0.3) is 5.69 Å². The van der Waals surface area contributed by atoms with Gasteiger partial charge in [0.05, 0.1) is 10.5 Å². The molecule has 0 spiro atoms. The Balaban J connectivity index is 2.23. The lowest BCUT2D eigenvalue weighted by Crippen LogP contribution is -2.40. The van der Waals surface area contributed by atoms with Gasteiger partial charge in [0, 0.05) is 18.7 Å². The summed E-state index contributed by atoms with van der Waals surface area (Å²) < 4.78 is 5.60. The van der Waals surface area contributed by atoms with Gasteiger partial charge in [-0.2, -0.15) is 0 Å². The maximum absolute atomic E-state index is 11.2. The monoisotopic (exact) mass is 295 g/mol. The maximum Gasteiger partial charge on any atom is 0.339 e. The van der Waals surface area contributed by atoms with Crippen molar-refractivity contribution in [2.45, 2.75) is 38.3 Å². The lowest BCUT2D eigenvalue weighted by atomic mass is 9.94. The van der Waals surface area contributed by atoms with Gasteiger partial charge in [0.2, 0.25) is 0 Å². The van der Waals surface area contributed by atoms with Gasteiger partial charge in [-0.15, -0.1) is 0 Å². The van der Waals surface area contributed by atoms with Crippen LogP contribution in [-0.4, -0.2) is 39.2 Å². The quantitative estimate of drug-likeness (QED) is 0.645. The van der Waals surface area contributed by atoms with Crippen molar-refractivity contribution < 1.29 is 19.6 Å². The predicted molar refractivity (Wildman–Crippen MR) is 74.5 cm³/mol. The number of nitrogens with one attached hydrogen (secondary N) is 1. The number of carboxylic acid groups (broad SMARTS) is 1. The topological polar surface area (TPSA) is 115 Å². The number of nitro groups is 1. The molecule has 2 heterocycles. The molecule has 1 fully saturated rings. The average molecular weight is 295 g/mol. The number of pyridine rings is 1. The Hall–Kier alpha value is -2.22. The minimum Gasteiger partial charge on any atom is -0.478 e. The number of hydrogen-bond acceptors (Lipinski definition) is 6. The fourth-order valence-electron chi connectivity index (χ4n) is 2.38. The second-order valence-corrected chi connectivity index (χ2v) is 5.59. The van der Waals surface area contributed by atoms with Gasteiger partial charge in [-0.3, -0.25) is 10.1 Å². The third-order valence-corrected chi connectivity index (χ3v) is 3.35. The van der Waals surface area contributed by atoms with Crippen molar-refractivity contribution in [3.63, 3.8) is 0 Å². The van der Waals surface area contributed by atoms with Gasteiger partial charge >= 0.3 is 5.97 Å². The molecule has 2 rings (SSSR count). The summed E-state index contributed by atoms with van der Waals surface area (Å²) in [5, 5.41) is 22.9. The third kappa shape index (κ3) is 3.66. The van der Waals surface area contributed by atoms with E-state index >= 15 is 0 Å². The van der Waals surface area contributed by atoms with E-state index in [0.29, 0.717) is 13.0 Å². The normalized spacial score (nSPS) is 20.8. The van der Waals surface area contributed by atoms with E-state index in [9.17, 15) is 20.0 Å². The molecular formula is C13H17N3O5. The molecular weight excluding hydrogens is 278 g/mol. The average Bonchev–Trinajstić information content (AvgIpc) is 2.37. The number of aromatic carboxylic acids is 1. The van der Waals surface area contributed by atoms with Crippen LogP contribution >= 0.6 is 0 Å². The number of carboxylic acids is 1. The van der Waals surface area contributed by atoms with Gasteiger partial charge in [-0.25, -0.2) is 9.78 Å². The summed E-state index contributed by atoms with van der Waals surface area (Å²) in [6.07, 6.45) is 2.48. The SMILES string of the molecule is CC1(C)CC(Nc2ncc([N+](=O)[O-])cc2C(=O)O)CCO1. The van der Waals surface area contributed by atoms with Gasteiger partial charge in [-0.1, -0.05) is 0 Å². The van der Waals surface area contributed by atoms with Crippen LogP contribution in [0.25, 0.3) is 0 Å². The summed E-state index contributed by atoms with van der Waals surface area (Å²) in [5.41, 5.74) is -0.834. The maximum atomic E-state index is 11.2. The summed E-state index contributed by atoms with van der Waals surface area (Å²) in [7, 11) is 0. The van der Waals surface area contributed by atoms with E-state index in [1.54, 1.807) is 0 Å². The fourth-order valence-corrected chi connectivity index (χ4v) is 2.38. The van der Waals surface area contributed by atoms with Crippen LogP contribution in [0.15, 0.2) is 12.3 Å². The van der Waals surface area contributed by atoms with Gasteiger partial charge in [-0.05, 0) is 26.7 Å². The van der Waals surface area contributed by atoms with Crippen molar-refractivity contribution >= 4 is 17.5 Å². The largest absolute Gasteiger partial charge is 0.478 e. The number of ether oxygens (including phenoxy) is 1. The van der Waals surface area contributed by atoms with Crippen LogP contribution in [0, 0.1) is 10.1 Å². The summed E-state index contributed by atoms with van der Waals surface area (Å²) in [6.45, 7) is 4.49. The summed E-state index contributed by atoms with van der Waals surface area (Å²) in [5.74, 6) is -1.10. The predicted octanol–water partition coefficient (Wildman–Crippen LogP) is 2.06. The Bertz CT molecular complexity index is 573. The molecule has 1 aliphatic rings. The zero-order valence-electron chi connectivity index (χ0n) is 11.8. The standard InChI is InChI=1S/C13H17N3O5/c1-13(2)6-8(3-4-21-13)15-11-10(12(17)18)5-9(7-14-11)16(19)20/h5,7-8H,3-4,6H2,1-2H3,(H,14,15)(H,17,18). The summed E-state index contributed by atoms with van der Waals surface area (Å²) >= 11 is 0. The number of anilines is 1. The second kappa shape index (κ2) is 5.65. The fraction of sp³-hybridized carbons (Fsp3) is 0.538. The number of rotatable bonds is 4. The van der Waals surface area contributed by atoms with Crippen molar-refractivity contribution in [3.05, 3.63) is 27.9 Å². The highest BCUT2D eigenvalue weighted by molar-refractivity contribution is 5.93. The molecule has 0 aliphatic carbocycles. The van der Waals surface area contributed by atoms with Crippen LogP contribution in [0.3, 0.4) is 0 Å². The number of hydrogen-bond donors (Lipinski definition) is 2. The molecule has 8 heteroatoms. The summed E-state index contributed by atoms with van der Waals surface area (Å²) in [4.78, 5) is 25.2. The minimum absolute atomic E-state index is 0.0146. The highest BCUT2D eigenvalue weighted by atomic mass is 16.6. The Morgan fingerprint density at radius 1 is 1.62 bits per heavy atom. The molecule has 0 radical (unpaired) electrons. The molecule has 1 saturated heterocycles. The van der Waals surface area contributed by atoms with E-state index in [4.69, 9.17) is 4.74 Å². The lowest BCUT2D eigenvalue weighted by Gasteiger charge is -2.36. The van der Waals surface area contributed by atoms with Crippen LogP contribution in [0.5, 0.6) is 0 Å². The Labute approximate surface area is 121 Å². The van der Waals surface area contributed by atoms with Gasteiger partial charge < -0.3 is 15.2 Å². The number of carbonyl (C=O) groups is 1. The molecule has 114 valence electrons. The number of nitrogens with zero attached hydrogens (tertiary/aromatic N) is 2. The van der Waals surface area contributed by atoms with Crippen molar-refractivity contribution in [2.24, 2.45) is 0 Å². The third-order valence-electron chi connectivity index (χ3n) is 3.35. The van der Waals surface area contributed by atoms with E-state index in [1.807, 2.05) is 13.8 Å². The van der Waals surface area contributed by atoms with Crippen molar-refractivity contribution in [1.82, 2.24) is 4.98 Å². The first-order chi connectivity index (χ1) is 9.78. The first-order valence-corrected chi connectivity index (χ1v) is 6.57. The Morgan fingerprint density at radius 2 is 2.33 bits per heavy atom. The van der Waals surface area contributed by atoms with Crippen molar-refractivity contribution in [2.75, 3.05) is 11.9 Å². The van der Waals surface area contributed by atoms with Crippen LogP contribution in [0.4, 0.5) is 11.5 Å². The van der Waals surface area contributed by atoms with Gasteiger partial charge in [0.15, 0.2) is 0 Å². The Kier molecular flexibility index (Phi) is 4.08. The van der Waals surface area contributed by atoms with Crippen LogP contribution in [0.1, 0.15) is 37.0 Å². The Morgan fingerprint density at radius 3 is 2.90 bits per heavy atom. The van der Waals surface area contributed by atoms with E-state index in [0.717, 1.165) is 18.7 Å². The van der Waals surface area contributed by atoms with E-state index in [1.165, 1.54) is 0 Å². The van der Waals surface area contributed by atoms with Crippen LogP contribution in [0.2, 0.25) is 0 Å². The smallest absolute Gasteiger partial charge is 0.339 e. The van der Waals surface area contributed by atoms with Crippen molar-refractivity contribution in [1.29, 1.82) is 0 Å². The van der Waals surface area contributed by atoms with Crippen LogP contribution < -0.4 is 5.32 Å². The molecule has 1 aromatic heterocycles. The highest BCUT2D eigenvalue weighted by Gasteiger charge is 2.30. The van der Waals surface area contributed by atoms with E-state index in [-0.39, 0.29) is 28.7 Å². The molecule has 0 aromatic carbocycles. The minimum atomic E-state index is -1.25. The zero-order chi connectivity index (χ0) is 15.6. The molecule has 1 aromatic rings. The molecule has 2 N–H and O–H groups in total. The second-order valence-electron chi connectivity index (χ2n) is 5.59. The molecule has 21 heavy (non-hydrogen) atoms. The zero-order valence-corrected chi connectivity index (χ0v) is 11.8. The van der Waals surface area contributed by atoms with E-state index < -0.39 is 10.9 Å². The first-order valence-electron chi connectivity index (χ1n) is 6.57. The lowest BCUT2D eigenvalue weighted by molar-refractivity contribution is -0.385. The number of aromatic nitrogens is 1.